The lowest BCUT2D eigenvalue weighted by Gasteiger charge is -2.24. The van der Waals surface area contributed by atoms with Crippen molar-refractivity contribution >= 4 is 38.3 Å². The minimum absolute atomic E-state index is 0.0226. The highest BCUT2D eigenvalue weighted by Gasteiger charge is 2.41. The molecule has 1 fully saturated rings. The predicted octanol–water partition coefficient (Wildman–Crippen LogP) is 3.08. The number of benzene rings is 1. The Bertz CT molecular complexity index is 1180. The first-order valence-electron chi connectivity index (χ1n) is 10.2. The first-order chi connectivity index (χ1) is 14.5. The molecule has 2 aromatic rings. The first-order valence-corrected chi connectivity index (χ1v) is 12.4. The molecule has 1 saturated carbocycles. The number of amides is 2. The summed E-state index contributed by atoms with van der Waals surface area (Å²) in [5, 5.41) is 3.14. The van der Waals surface area contributed by atoms with Crippen molar-refractivity contribution in [3.63, 3.8) is 0 Å². The molecular formula is C21H26N4O4S2. The van der Waals surface area contributed by atoms with Gasteiger partial charge in [-0.15, -0.1) is 0 Å². The van der Waals surface area contributed by atoms with Gasteiger partial charge in [-0.25, -0.2) is 17.7 Å². The summed E-state index contributed by atoms with van der Waals surface area (Å²) in [6.07, 6.45) is 2.20. The molecule has 1 atom stereocenters. The number of anilines is 1. The number of aryl methyl sites for hydroxylation is 1. The van der Waals surface area contributed by atoms with Gasteiger partial charge in [0, 0.05) is 33.6 Å². The highest BCUT2D eigenvalue weighted by molar-refractivity contribution is 7.89. The largest absolute Gasteiger partial charge is 0.331 e. The van der Waals surface area contributed by atoms with E-state index in [-0.39, 0.29) is 28.3 Å². The maximum atomic E-state index is 13.3. The molecule has 1 aliphatic heterocycles. The van der Waals surface area contributed by atoms with Crippen molar-refractivity contribution in [1.82, 2.24) is 14.2 Å². The van der Waals surface area contributed by atoms with Crippen LogP contribution in [0.3, 0.4) is 0 Å². The monoisotopic (exact) mass is 462 g/mol. The minimum Gasteiger partial charge on any atom is -0.331 e. The number of carbonyl (C=O) groups excluding carboxylic acids is 2. The fraction of sp³-hybridized carbons (Fsp3) is 0.476. The number of fused-ring (bicyclic) bond motifs is 1. The van der Waals surface area contributed by atoms with E-state index in [4.69, 9.17) is 0 Å². The van der Waals surface area contributed by atoms with E-state index in [1.807, 2.05) is 19.9 Å². The van der Waals surface area contributed by atoms with E-state index < -0.39 is 10.0 Å². The van der Waals surface area contributed by atoms with Crippen LogP contribution in [-0.4, -0.2) is 54.6 Å². The SMILES string of the molecule is CC(=O)Nc1nc(C)c(-c2cc3c(c(S(=O)(=O)N(C)C)c2)C(=O)N([C@@H](C)C2CC2)C3)s1. The number of nitrogens with one attached hydrogen (secondary N) is 1. The van der Waals surface area contributed by atoms with Crippen molar-refractivity contribution in [2.75, 3.05) is 19.4 Å². The van der Waals surface area contributed by atoms with Crippen LogP contribution < -0.4 is 5.32 Å². The Morgan fingerprint density at radius 3 is 2.58 bits per heavy atom. The highest BCUT2D eigenvalue weighted by atomic mass is 32.2. The number of aromatic nitrogens is 1. The molecule has 0 saturated heterocycles. The normalized spacial score (nSPS) is 17.2. The molecule has 10 heteroatoms. The number of rotatable bonds is 6. The second-order valence-electron chi connectivity index (χ2n) is 8.42. The summed E-state index contributed by atoms with van der Waals surface area (Å²) in [7, 11) is -0.917. The van der Waals surface area contributed by atoms with E-state index in [2.05, 4.69) is 10.3 Å². The Morgan fingerprint density at radius 2 is 2.00 bits per heavy atom. The topological polar surface area (TPSA) is 99.7 Å². The number of thiazole rings is 1. The van der Waals surface area contributed by atoms with Crippen LogP contribution in [0.15, 0.2) is 17.0 Å². The average molecular weight is 463 g/mol. The van der Waals surface area contributed by atoms with Gasteiger partial charge in [-0.1, -0.05) is 11.3 Å². The zero-order valence-electron chi connectivity index (χ0n) is 18.2. The van der Waals surface area contributed by atoms with Crippen molar-refractivity contribution in [3.05, 3.63) is 29.0 Å². The summed E-state index contributed by atoms with van der Waals surface area (Å²) in [6.45, 7) is 5.66. The van der Waals surface area contributed by atoms with E-state index in [0.717, 1.165) is 22.0 Å². The van der Waals surface area contributed by atoms with E-state index in [1.165, 1.54) is 32.4 Å². The molecule has 0 radical (unpaired) electrons. The quantitative estimate of drug-likeness (QED) is 0.711. The van der Waals surface area contributed by atoms with Crippen LogP contribution in [0, 0.1) is 12.8 Å². The average Bonchev–Trinajstić information content (AvgIpc) is 3.40. The van der Waals surface area contributed by atoms with Crippen molar-refractivity contribution in [3.8, 4) is 10.4 Å². The summed E-state index contributed by atoms with van der Waals surface area (Å²) in [5.41, 5.74) is 2.35. The van der Waals surface area contributed by atoms with Crippen molar-refractivity contribution < 1.29 is 18.0 Å². The van der Waals surface area contributed by atoms with Gasteiger partial charge in [-0.2, -0.15) is 0 Å². The maximum Gasteiger partial charge on any atom is 0.256 e. The van der Waals surface area contributed by atoms with Crippen LogP contribution in [0.5, 0.6) is 0 Å². The number of sulfonamides is 1. The van der Waals surface area contributed by atoms with Crippen LogP contribution in [-0.2, 0) is 21.4 Å². The predicted molar refractivity (Wildman–Crippen MR) is 120 cm³/mol. The van der Waals surface area contributed by atoms with Gasteiger partial charge >= 0.3 is 0 Å². The molecule has 8 nitrogen and oxygen atoms in total. The lowest BCUT2D eigenvalue weighted by molar-refractivity contribution is -0.114. The molecule has 166 valence electrons. The Labute approximate surface area is 186 Å². The maximum absolute atomic E-state index is 13.3. The van der Waals surface area contributed by atoms with Gasteiger partial charge in [0.2, 0.25) is 15.9 Å². The van der Waals surface area contributed by atoms with Gasteiger partial charge < -0.3 is 10.2 Å². The number of nitrogens with zero attached hydrogens (tertiary/aromatic N) is 3. The minimum atomic E-state index is -3.84. The highest BCUT2D eigenvalue weighted by Crippen LogP contribution is 2.42. The second kappa shape index (κ2) is 7.68. The van der Waals surface area contributed by atoms with Crippen molar-refractivity contribution in [2.45, 2.75) is 51.1 Å². The van der Waals surface area contributed by atoms with Crippen LogP contribution in [0.1, 0.15) is 48.3 Å². The van der Waals surface area contributed by atoms with Gasteiger partial charge in [0.25, 0.3) is 5.91 Å². The second-order valence-corrected chi connectivity index (χ2v) is 11.5. The molecule has 2 amide bonds. The van der Waals surface area contributed by atoms with Crippen LogP contribution in [0.2, 0.25) is 0 Å². The number of hydrogen-bond acceptors (Lipinski definition) is 6. The van der Waals surface area contributed by atoms with Gasteiger partial charge in [-0.05, 0) is 55.9 Å². The van der Waals surface area contributed by atoms with Gasteiger partial charge in [0.1, 0.15) is 0 Å². The Morgan fingerprint density at radius 1 is 1.32 bits per heavy atom. The van der Waals surface area contributed by atoms with Crippen molar-refractivity contribution in [1.29, 1.82) is 0 Å². The van der Waals surface area contributed by atoms with E-state index >= 15 is 0 Å². The van der Waals surface area contributed by atoms with Crippen LogP contribution >= 0.6 is 11.3 Å². The first kappa shape index (κ1) is 21.9. The van der Waals surface area contributed by atoms with Gasteiger partial charge in [0.05, 0.1) is 21.0 Å². The summed E-state index contributed by atoms with van der Waals surface area (Å²) >= 11 is 1.29. The molecule has 31 heavy (non-hydrogen) atoms. The third-order valence-corrected chi connectivity index (χ3v) is 8.86. The lowest BCUT2D eigenvalue weighted by Crippen LogP contribution is -2.35. The molecule has 1 aliphatic carbocycles. The fourth-order valence-electron chi connectivity index (χ4n) is 4.00. The molecule has 0 unspecified atom stereocenters. The third kappa shape index (κ3) is 3.88. The lowest BCUT2D eigenvalue weighted by atomic mass is 10.0. The summed E-state index contributed by atoms with van der Waals surface area (Å²) in [6, 6.07) is 3.53. The molecule has 2 heterocycles. The zero-order chi connectivity index (χ0) is 22.7. The molecule has 0 bridgehead atoms. The summed E-state index contributed by atoms with van der Waals surface area (Å²) in [5.74, 6) is 0.0392. The van der Waals surface area contributed by atoms with Crippen molar-refractivity contribution in [2.24, 2.45) is 5.92 Å². The zero-order valence-corrected chi connectivity index (χ0v) is 19.9. The number of hydrogen-bond donors (Lipinski definition) is 1. The van der Waals surface area contributed by atoms with Gasteiger partial charge in [0.15, 0.2) is 5.13 Å². The molecule has 2 aliphatic rings. The standard InChI is InChI=1S/C21H26N4O4S2/c1-11-19(30-21(22-11)23-13(3)26)15-8-16-10-25(12(2)14-6-7-14)20(27)18(16)17(9-15)31(28,29)24(4)5/h8-9,12,14H,6-7,10H2,1-5H3,(H,22,23,26)/t12-/m0/s1. The molecule has 0 spiro atoms. The number of carbonyl (C=O) groups is 2. The third-order valence-electron chi connectivity index (χ3n) is 5.90. The Balaban J connectivity index is 1.86. The van der Waals surface area contributed by atoms with E-state index in [1.54, 1.807) is 11.0 Å². The smallest absolute Gasteiger partial charge is 0.256 e. The fourth-order valence-corrected chi connectivity index (χ4v) is 6.15. The summed E-state index contributed by atoms with van der Waals surface area (Å²) in [4.78, 5) is 31.7. The van der Waals surface area contributed by atoms with Crippen LogP contribution in [0.4, 0.5) is 5.13 Å². The Kier molecular flexibility index (Phi) is 5.43. The Hall–Kier alpha value is -2.30. The molecular weight excluding hydrogens is 436 g/mol. The molecule has 4 rings (SSSR count). The molecule has 1 N–H and O–H groups in total. The van der Waals surface area contributed by atoms with E-state index in [0.29, 0.717) is 34.4 Å². The van der Waals surface area contributed by atoms with Crippen LogP contribution in [0.25, 0.3) is 10.4 Å². The van der Waals surface area contributed by atoms with Gasteiger partial charge in [-0.3, -0.25) is 9.59 Å². The van der Waals surface area contributed by atoms with E-state index in [9.17, 15) is 18.0 Å². The molecule has 1 aromatic heterocycles. The molecule has 1 aromatic carbocycles. The summed E-state index contributed by atoms with van der Waals surface area (Å²) < 4.78 is 27.5.